The maximum absolute atomic E-state index is 9.41. The Morgan fingerprint density at radius 2 is 1.90 bits per heavy atom. The lowest BCUT2D eigenvalue weighted by Crippen LogP contribution is -2.12. The molecular formula is C18H15N3. The van der Waals surface area contributed by atoms with Gasteiger partial charge in [-0.3, -0.25) is 4.98 Å². The molecule has 0 amide bonds. The minimum Gasteiger partial charge on any atom is -0.343 e. The van der Waals surface area contributed by atoms with Crippen LogP contribution in [-0.4, -0.2) is 12.0 Å². The molecule has 0 saturated heterocycles. The lowest BCUT2D eigenvalue weighted by atomic mass is 10.1. The molecule has 102 valence electrons. The van der Waals surface area contributed by atoms with Gasteiger partial charge in [-0.1, -0.05) is 30.3 Å². The average molecular weight is 273 g/mol. The van der Waals surface area contributed by atoms with Crippen LogP contribution < -0.4 is 4.90 Å². The van der Waals surface area contributed by atoms with Gasteiger partial charge in [0.2, 0.25) is 0 Å². The standard InChI is InChI=1S/C18H15N3/c1-13-6-5-7-15(10-13)21(2)18-14(11-19)12-20-17-9-4-3-8-16(17)18/h3-10,12H,1-2H3. The molecule has 0 N–H and O–H groups in total. The Morgan fingerprint density at radius 1 is 1.10 bits per heavy atom. The quantitative estimate of drug-likeness (QED) is 0.703. The van der Waals surface area contributed by atoms with Crippen molar-refractivity contribution in [1.29, 1.82) is 5.26 Å². The van der Waals surface area contributed by atoms with Gasteiger partial charge in [-0.05, 0) is 30.7 Å². The number of pyridine rings is 1. The molecule has 0 aliphatic rings. The van der Waals surface area contributed by atoms with Gasteiger partial charge in [-0.15, -0.1) is 0 Å². The fourth-order valence-electron chi connectivity index (χ4n) is 2.54. The highest BCUT2D eigenvalue weighted by atomic mass is 15.1. The molecule has 3 heteroatoms. The lowest BCUT2D eigenvalue weighted by molar-refractivity contribution is 1.19. The Bertz CT molecular complexity index is 846. The molecule has 0 radical (unpaired) electrons. The van der Waals surface area contributed by atoms with Gasteiger partial charge < -0.3 is 4.90 Å². The van der Waals surface area contributed by atoms with Crippen molar-refractivity contribution in [2.75, 3.05) is 11.9 Å². The Kier molecular flexibility index (Phi) is 3.29. The monoisotopic (exact) mass is 273 g/mol. The van der Waals surface area contributed by atoms with E-state index in [9.17, 15) is 5.26 Å². The molecule has 3 rings (SSSR count). The van der Waals surface area contributed by atoms with Crippen LogP contribution in [0.5, 0.6) is 0 Å². The van der Waals surface area contributed by atoms with Crippen LogP contribution >= 0.6 is 0 Å². The number of hydrogen-bond donors (Lipinski definition) is 0. The minimum absolute atomic E-state index is 0.581. The molecule has 0 bridgehead atoms. The van der Waals surface area contributed by atoms with E-state index in [1.165, 1.54) is 5.56 Å². The van der Waals surface area contributed by atoms with Crippen LogP contribution in [0, 0.1) is 18.3 Å². The number of aryl methyl sites for hydroxylation is 1. The largest absolute Gasteiger partial charge is 0.343 e. The van der Waals surface area contributed by atoms with Crippen LogP contribution in [0.3, 0.4) is 0 Å². The molecule has 1 aromatic heterocycles. The number of nitrogens with zero attached hydrogens (tertiary/aromatic N) is 3. The number of hydrogen-bond acceptors (Lipinski definition) is 3. The molecule has 1 heterocycles. The van der Waals surface area contributed by atoms with Crippen molar-refractivity contribution in [3.63, 3.8) is 0 Å². The Morgan fingerprint density at radius 3 is 2.67 bits per heavy atom. The van der Waals surface area contributed by atoms with Crippen LogP contribution in [0.4, 0.5) is 11.4 Å². The van der Waals surface area contributed by atoms with E-state index in [0.717, 1.165) is 22.3 Å². The van der Waals surface area contributed by atoms with E-state index in [0.29, 0.717) is 5.56 Å². The first-order chi connectivity index (χ1) is 10.2. The summed E-state index contributed by atoms with van der Waals surface area (Å²) in [5.74, 6) is 0. The van der Waals surface area contributed by atoms with Crippen molar-refractivity contribution in [2.24, 2.45) is 0 Å². The normalized spacial score (nSPS) is 10.3. The number of benzene rings is 2. The highest BCUT2D eigenvalue weighted by Gasteiger charge is 2.14. The number of anilines is 2. The molecule has 3 aromatic rings. The summed E-state index contributed by atoms with van der Waals surface area (Å²) in [7, 11) is 1.98. The van der Waals surface area contributed by atoms with E-state index < -0.39 is 0 Å². The molecule has 2 aromatic carbocycles. The molecular weight excluding hydrogens is 258 g/mol. The highest BCUT2D eigenvalue weighted by molar-refractivity contribution is 5.96. The molecule has 3 nitrogen and oxygen atoms in total. The van der Waals surface area contributed by atoms with Crippen molar-refractivity contribution in [3.8, 4) is 6.07 Å². The van der Waals surface area contributed by atoms with Crippen LogP contribution in [0.1, 0.15) is 11.1 Å². The first-order valence-corrected chi connectivity index (χ1v) is 6.79. The number of para-hydroxylation sites is 1. The lowest BCUT2D eigenvalue weighted by Gasteiger charge is -2.22. The molecule has 0 spiro atoms. The maximum Gasteiger partial charge on any atom is 0.103 e. The second-order valence-corrected chi connectivity index (χ2v) is 5.05. The van der Waals surface area contributed by atoms with Gasteiger partial charge in [-0.25, -0.2) is 0 Å². The zero-order chi connectivity index (χ0) is 14.8. The zero-order valence-electron chi connectivity index (χ0n) is 12.0. The molecule has 0 unspecified atom stereocenters. The van der Waals surface area contributed by atoms with Crippen molar-refractivity contribution >= 4 is 22.3 Å². The summed E-state index contributed by atoms with van der Waals surface area (Å²) in [6, 6.07) is 18.4. The molecule has 0 aliphatic carbocycles. The van der Waals surface area contributed by atoms with Crippen molar-refractivity contribution in [1.82, 2.24) is 4.98 Å². The van der Waals surface area contributed by atoms with E-state index in [-0.39, 0.29) is 0 Å². The molecule has 0 aliphatic heterocycles. The second kappa shape index (κ2) is 5.26. The summed E-state index contributed by atoms with van der Waals surface area (Å²) in [4.78, 5) is 6.41. The van der Waals surface area contributed by atoms with E-state index >= 15 is 0 Å². The predicted molar refractivity (Wildman–Crippen MR) is 85.7 cm³/mol. The summed E-state index contributed by atoms with van der Waals surface area (Å²) in [6.07, 6.45) is 1.64. The third-order valence-corrected chi connectivity index (χ3v) is 3.59. The third kappa shape index (κ3) is 2.32. The number of rotatable bonds is 2. The highest BCUT2D eigenvalue weighted by Crippen LogP contribution is 2.33. The third-order valence-electron chi connectivity index (χ3n) is 3.59. The van der Waals surface area contributed by atoms with Crippen LogP contribution in [0.25, 0.3) is 10.9 Å². The predicted octanol–water partition coefficient (Wildman–Crippen LogP) is 4.18. The Labute approximate surface area is 124 Å². The fourth-order valence-corrected chi connectivity index (χ4v) is 2.54. The molecule has 21 heavy (non-hydrogen) atoms. The van der Waals surface area contributed by atoms with E-state index in [4.69, 9.17) is 0 Å². The van der Waals surface area contributed by atoms with Gasteiger partial charge in [0.1, 0.15) is 6.07 Å². The van der Waals surface area contributed by atoms with E-state index in [2.05, 4.69) is 35.0 Å². The van der Waals surface area contributed by atoms with E-state index in [1.807, 2.05) is 43.4 Å². The van der Waals surface area contributed by atoms with Gasteiger partial charge in [-0.2, -0.15) is 5.26 Å². The topological polar surface area (TPSA) is 39.9 Å². The zero-order valence-corrected chi connectivity index (χ0v) is 12.0. The number of aromatic nitrogens is 1. The van der Waals surface area contributed by atoms with Gasteiger partial charge in [0.05, 0.1) is 16.8 Å². The number of fused-ring (bicyclic) bond motifs is 1. The summed E-state index contributed by atoms with van der Waals surface area (Å²) in [6.45, 7) is 2.06. The van der Waals surface area contributed by atoms with Crippen molar-refractivity contribution in [2.45, 2.75) is 6.92 Å². The Hall–Kier alpha value is -2.86. The average Bonchev–Trinajstić information content (AvgIpc) is 2.53. The van der Waals surface area contributed by atoms with Crippen LogP contribution in [0.15, 0.2) is 54.7 Å². The molecule has 0 atom stereocenters. The van der Waals surface area contributed by atoms with Gasteiger partial charge in [0.15, 0.2) is 0 Å². The molecule has 0 saturated carbocycles. The molecule has 0 fully saturated rings. The fraction of sp³-hybridized carbons (Fsp3) is 0.111. The van der Waals surface area contributed by atoms with Gasteiger partial charge >= 0.3 is 0 Å². The maximum atomic E-state index is 9.41. The Balaban J connectivity index is 2.25. The second-order valence-electron chi connectivity index (χ2n) is 5.05. The summed E-state index contributed by atoms with van der Waals surface area (Å²) >= 11 is 0. The first kappa shape index (κ1) is 13.1. The minimum atomic E-state index is 0.581. The van der Waals surface area contributed by atoms with Crippen molar-refractivity contribution < 1.29 is 0 Å². The smallest absolute Gasteiger partial charge is 0.103 e. The summed E-state index contributed by atoms with van der Waals surface area (Å²) < 4.78 is 0. The van der Waals surface area contributed by atoms with Crippen molar-refractivity contribution in [3.05, 3.63) is 65.9 Å². The first-order valence-electron chi connectivity index (χ1n) is 6.79. The summed E-state index contributed by atoms with van der Waals surface area (Å²) in [5.41, 5.74) is 4.62. The summed E-state index contributed by atoms with van der Waals surface area (Å²) in [5, 5.41) is 10.4. The number of nitriles is 1. The van der Waals surface area contributed by atoms with Crippen LogP contribution in [-0.2, 0) is 0 Å². The van der Waals surface area contributed by atoms with Gasteiger partial charge in [0.25, 0.3) is 0 Å². The van der Waals surface area contributed by atoms with E-state index in [1.54, 1.807) is 6.20 Å². The van der Waals surface area contributed by atoms with Crippen LogP contribution in [0.2, 0.25) is 0 Å². The van der Waals surface area contributed by atoms with Gasteiger partial charge in [0, 0.05) is 24.3 Å². The SMILES string of the molecule is Cc1cccc(N(C)c2c(C#N)cnc3ccccc23)c1.